The van der Waals surface area contributed by atoms with Crippen molar-refractivity contribution < 1.29 is 4.79 Å². The molecule has 0 bridgehead atoms. The Labute approximate surface area is 156 Å². The van der Waals surface area contributed by atoms with Crippen LogP contribution >= 0.6 is 0 Å². The molecule has 0 atom stereocenters. The molecule has 8 heteroatoms. The van der Waals surface area contributed by atoms with Crippen LogP contribution in [0.2, 0.25) is 0 Å². The van der Waals surface area contributed by atoms with Crippen molar-refractivity contribution in [2.24, 2.45) is 0 Å². The third kappa shape index (κ3) is 4.05. The smallest absolute Gasteiger partial charge is 0.255 e. The molecule has 1 aliphatic heterocycles. The van der Waals surface area contributed by atoms with Gasteiger partial charge in [0.05, 0.1) is 23.6 Å². The number of aromatic nitrogens is 5. The fourth-order valence-corrected chi connectivity index (χ4v) is 3.20. The van der Waals surface area contributed by atoms with Crippen molar-refractivity contribution in [2.45, 2.75) is 18.8 Å². The second-order valence-electron chi connectivity index (χ2n) is 6.37. The Morgan fingerprint density at radius 2 is 1.85 bits per heavy atom. The zero-order valence-corrected chi connectivity index (χ0v) is 14.7. The molecule has 4 rings (SSSR count). The van der Waals surface area contributed by atoms with Crippen molar-refractivity contribution in [1.29, 1.82) is 0 Å². The average Bonchev–Trinajstić information content (AvgIpc) is 2.75. The van der Waals surface area contributed by atoms with Crippen LogP contribution in [0.25, 0.3) is 0 Å². The molecule has 0 spiro atoms. The summed E-state index contributed by atoms with van der Waals surface area (Å²) in [5.41, 5.74) is 2.36. The molecular weight excluding hydrogens is 342 g/mol. The molecule has 1 amide bonds. The summed E-state index contributed by atoms with van der Waals surface area (Å²) in [6.07, 6.45) is 11.6. The highest BCUT2D eigenvalue weighted by atomic mass is 16.2. The Morgan fingerprint density at radius 1 is 1.04 bits per heavy atom. The van der Waals surface area contributed by atoms with Crippen molar-refractivity contribution in [3.05, 3.63) is 66.8 Å². The number of nitrogens with one attached hydrogen (secondary N) is 1. The monoisotopic (exact) mass is 361 g/mol. The van der Waals surface area contributed by atoms with Gasteiger partial charge in [-0.05, 0) is 31.0 Å². The number of rotatable bonds is 4. The van der Waals surface area contributed by atoms with Crippen molar-refractivity contribution >= 4 is 17.5 Å². The number of hydrogen-bond donors (Lipinski definition) is 1. The molecule has 1 saturated heterocycles. The summed E-state index contributed by atoms with van der Waals surface area (Å²) in [5, 5.41) is 3.11. The second kappa shape index (κ2) is 7.86. The number of hydrogen-bond acceptors (Lipinski definition) is 7. The molecule has 1 N–H and O–H groups in total. The van der Waals surface area contributed by atoms with E-state index in [1.54, 1.807) is 43.1 Å². The lowest BCUT2D eigenvalue weighted by Crippen LogP contribution is -2.38. The van der Waals surface area contributed by atoms with E-state index in [9.17, 15) is 4.79 Å². The number of carbonyl (C=O) groups is 1. The number of piperidine rings is 1. The molecule has 0 aromatic carbocycles. The molecule has 136 valence electrons. The lowest BCUT2D eigenvalue weighted by Gasteiger charge is -2.31. The maximum atomic E-state index is 12.5. The van der Waals surface area contributed by atoms with E-state index in [1.807, 2.05) is 11.0 Å². The second-order valence-corrected chi connectivity index (χ2v) is 6.37. The fourth-order valence-electron chi connectivity index (χ4n) is 3.20. The summed E-state index contributed by atoms with van der Waals surface area (Å²) in [6, 6.07) is 5.53. The standard InChI is InChI=1S/C19H19N7O/c27-18(15-2-1-6-20-10-15)26-8-4-14(5-9-26)17-3-7-23-19(25-17)24-16-11-21-13-22-12-16/h1-3,6-7,10-14H,4-5,8-9H2,(H,23,24,25). The number of carbonyl (C=O) groups excluding carboxylic acids is 1. The van der Waals surface area contributed by atoms with Crippen LogP contribution < -0.4 is 5.32 Å². The highest BCUT2D eigenvalue weighted by Gasteiger charge is 2.25. The van der Waals surface area contributed by atoms with Gasteiger partial charge in [-0.3, -0.25) is 9.78 Å². The third-order valence-corrected chi connectivity index (χ3v) is 4.60. The molecule has 0 saturated carbocycles. The van der Waals surface area contributed by atoms with Gasteiger partial charge >= 0.3 is 0 Å². The summed E-state index contributed by atoms with van der Waals surface area (Å²) >= 11 is 0. The topological polar surface area (TPSA) is 96.8 Å². The molecule has 1 fully saturated rings. The average molecular weight is 361 g/mol. The van der Waals surface area contributed by atoms with E-state index >= 15 is 0 Å². The first-order valence-corrected chi connectivity index (χ1v) is 8.84. The summed E-state index contributed by atoms with van der Waals surface area (Å²) in [5.74, 6) is 0.866. The summed E-state index contributed by atoms with van der Waals surface area (Å²) < 4.78 is 0. The minimum Gasteiger partial charge on any atom is -0.339 e. The van der Waals surface area contributed by atoms with Crippen LogP contribution in [-0.2, 0) is 0 Å². The Hall–Kier alpha value is -3.42. The molecular formula is C19H19N7O. The van der Waals surface area contributed by atoms with E-state index in [0.717, 1.165) is 24.2 Å². The highest BCUT2D eigenvalue weighted by molar-refractivity contribution is 5.93. The third-order valence-electron chi connectivity index (χ3n) is 4.60. The molecule has 27 heavy (non-hydrogen) atoms. The van der Waals surface area contributed by atoms with Gasteiger partial charge in [-0.2, -0.15) is 0 Å². The van der Waals surface area contributed by atoms with Crippen LogP contribution in [0.1, 0.15) is 34.8 Å². The van der Waals surface area contributed by atoms with Crippen LogP contribution in [0.3, 0.4) is 0 Å². The number of likely N-dealkylation sites (tertiary alicyclic amines) is 1. The molecule has 0 unspecified atom stereocenters. The Kier molecular flexibility index (Phi) is 4.95. The van der Waals surface area contributed by atoms with Gasteiger partial charge in [-0.25, -0.2) is 19.9 Å². The van der Waals surface area contributed by atoms with E-state index in [4.69, 9.17) is 0 Å². The maximum absolute atomic E-state index is 12.5. The zero-order valence-electron chi connectivity index (χ0n) is 14.7. The molecule has 4 heterocycles. The fraction of sp³-hybridized carbons (Fsp3) is 0.263. The van der Waals surface area contributed by atoms with Crippen LogP contribution in [0, 0.1) is 0 Å². The SMILES string of the molecule is O=C(c1cccnc1)N1CCC(c2ccnc(Nc3cncnc3)n2)CC1. The maximum Gasteiger partial charge on any atom is 0.255 e. The van der Waals surface area contributed by atoms with Crippen molar-refractivity contribution in [1.82, 2.24) is 29.8 Å². The number of pyridine rings is 1. The summed E-state index contributed by atoms with van der Waals surface area (Å²) in [7, 11) is 0. The van der Waals surface area contributed by atoms with Gasteiger partial charge in [0, 0.05) is 43.3 Å². The normalized spacial score (nSPS) is 14.7. The zero-order chi connectivity index (χ0) is 18.5. The van der Waals surface area contributed by atoms with Gasteiger partial charge in [-0.15, -0.1) is 0 Å². The predicted molar refractivity (Wildman–Crippen MR) is 99.5 cm³/mol. The molecule has 3 aromatic rings. The first-order valence-electron chi connectivity index (χ1n) is 8.84. The van der Waals surface area contributed by atoms with Gasteiger partial charge < -0.3 is 10.2 Å². The quantitative estimate of drug-likeness (QED) is 0.762. The van der Waals surface area contributed by atoms with Gasteiger partial charge in [0.25, 0.3) is 5.91 Å². The van der Waals surface area contributed by atoms with E-state index in [2.05, 4.69) is 30.2 Å². The highest BCUT2D eigenvalue weighted by Crippen LogP contribution is 2.28. The van der Waals surface area contributed by atoms with E-state index < -0.39 is 0 Å². The van der Waals surface area contributed by atoms with Gasteiger partial charge in [0.15, 0.2) is 0 Å². The number of nitrogens with zero attached hydrogens (tertiary/aromatic N) is 6. The molecule has 3 aromatic heterocycles. The Balaban J connectivity index is 1.40. The van der Waals surface area contributed by atoms with Crippen molar-refractivity contribution in [3.8, 4) is 0 Å². The lowest BCUT2D eigenvalue weighted by atomic mass is 9.93. The van der Waals surface area contributed by atoms with Gasteiger partial charge in [0.2, 0.25) is 5.95 Å². The largest absolute Gasteiger partial charge is 0.339 e. The van der Waals surface area contributed by atoms with Crippen LogP contribution in [0.4, 0.5) is 11.6 Å². The molecule has 8 nitrogen and oxygen atoms in total. The summed E-state index contributed by atoms with van der Waals surface area (Å²) in [6.45, 7) is 1.41. The van der Waals surface area contributed by atoms with E-state index in [-0.39, 0.29) is 5.91 Å². The first kappa shape index (κ1) is 17.0. The molecule has 1 aliphatic rings. The number of anilines is 2. The predicted octanol–water partition coefficient (Wildman–Crippen LogP) is 2.42. The van der Waals surface area contributed by atoms with Crippen LogP contribution in [-0.4, -0.2) is 48.8 Å². The van der Waals surface area contributed by atoms with E-state index in [1.165, 1.54) is 6.33 Å². The minimum atomic E-state index is 0.0377. The first-order chi connectivity index (χ1) is 13.3. The van der Waals surface area contributed by atoms with E-state index in [0.29, 0.717) is 30.5 Å². The van der Waals surface area contributed by atoms with Crippen molar-refractivity contribution in [2.75, 3.05) is 18.4 Å². The summed E-state index contributed by atoms with van der Waals surface area (Å²) in [4.78, 5) is 35.3. The lowest BCUT2D eigenvalue weighted by molar-refractivity contribution is 0.0711. The van der Waals surface area contributed by atoms with Crippen molar-refractivity contribution in [3.63, 3.8) is 0 Å². The number of amides is 1. The molecule has 0 radical (unpaired) electrons. The Bertz CT molecular complexity index is 896. The van der Waals surface area contributed by atoms with Crippen LogP contribution in [0.5, 0.6) is 0 Å². The van der Waals surface area contributed by atoms with Gasteiger partial charge in [-0.1, -0.05) is 0 Å². The molecule has 0 aliphatic carbocycles. The van der Waals surface area contributed by atoms with Crippen LogP contribution in [0.15, 0.2) is 55.5 Å². The Morgan fingerprint density at radius 3 is 2.59 bits per heavy atom. The minimum absolute atomic E-state index is 0.0377. The van der Waals surface area contributed by atoms with Gasteiger partial charge in [0.1, 0.15) is 6.33 Å².